The lowest BCUT2D eigenvalue weighted by Crippen LogP contribution is -2.53. The summed E-state index contributed by atoms with van der Waals surface area (Å²) in [5, 5.41) is 3.46. The Morgan fingerprint density at radius 2 is 1.96 bits per heavy atom. The molecule has 0 saturated carbocycles. The van der Waals surface area contributed by atoms with Crippen molar-refractivity contribution in [1.82, 2.24) is 25.1 Å². The second kappa shape index (κ2) is 10.4. The van der Waals surface area contributed by atoms with E-state index in [0.717, 1.165) is 63.5 Å². The lowest BCUT2D eigenvalue weighted by molar-refractivity contribution is 0.183. The predicted molar refractivity (Wildman–Crippen MR) is 111 cm³/mol. The van der Waals surface area contributed by atoms with Crippen LogP contribution in [0.15, 0.2) is 23.5 Å². The van der Waals surface area contributed by atoms with Crippen molar-refractivity contribution < 1.29 is 0 Å². The van der Waals surface area contributed by atoms with Crippen LogP contribution in [0.1, 0.15) is 33.1 Å². The van der Waals surface area contributed by atoms with Crippen LogP contribution in [0.5, 0.6) is 0 Å². The van der Waals surface area contributed by atoms with Crippen LogP contribution in [0.3, 0.4) is 0 Å². The monoisotopic (exact) mass is 373 g/mol. The van der Waals surface area contributed by atoms with Crippen molar-refractivity contribution in [3.05, 3.63) is 18.5 Å². The molecular formula is C20H35N7. The minimum Gasteiger partial charge on any atom is -0.357 e. The molecule has 0 aliphatic carbocycles. The van der Waals surface area contributed by atoms with E-state index >= 15 is 0 Å². The van der Waals surface area contributed by atoms with Crippen LogP contribution < -0.4 is 10.2 Å². The Kier molecular flexibility index (Phi) is 7.68. The number of piperidine rings is 1. The SMILES string of the molecule is CCNC(=NCCCN1CCCC(C)C1)N1CCN(c2ncccn2)CC1. The third kappa shape index (κ3) is 6.06. The van der Waals surface area contributed by atoms with E-state index in [9.17, 15) is 0 Å². The summed E-state index contributed by atoms with van der Waals surface area (Å²) in [4.78, 5) is 20.8. The molecule has 1 aromatic heterocycles. The highest BCUT2D eigenvalue weighted by Crippen LogP contribution is 2.15. The topological polar surface area (TPSA) is 59.9 Å². The lowest BCUT2D eigenvalue weighted by atomic mass is 10.0. The van der Waals surface area contributed by atoms with Gasteiger partial charge in [-0.2, -0.15) is 0 Å². The smallest absolute Gasteiger partial charge is 0.225 e. The van der Waals surface area contributed by atoms with Gasteiger partial charge in [0.2, 0.25) is 5.95 Å². The highest BCUT2D eigenvalue weighted by molar-refractivity contribution is 5.80. The van der Waals surface area contributed by atoms with Gasteiger partial charge in [-0.25, -0.2) is 9.97 Å². The summed E-state index contributed by atoms with van der Waals surface area (Å²) in [6, 6.07) is 1.86. The van der Waals surface area contributed by atoms with Crippen LogP contribution in [0.25, 0.3) is 0 Å². The quantitative estimate of drug-likeness (QED) is 0.465. The molecule has 7 nitrogen and oxygen atoms in total. The summed E-state index contributed by atoms with van der Waals surface area (Å²) in [7, 11) is 0. The second-order valence-corrected chi connectivity index (χ2v) is 7.66. The zero-order chi connectivity index (χ0) is 18.9. The Bertz CT molecular complexity index is 569. The van der Waals surface area contributed by atoms with E-state index in [2.05, 4.69) is 43.8 Å². The fourth-order valence-electron chi connectivity index (χ4n) is 3.97. The number of anilines is 1. The predicted octanol–water partition coefficient (Wildman–Crippen LogP) is 1.69. The Hall–Kier alpha value is -1.89. The second-order valence-electron chi connectivity index (χ2n) is 7.66. The average molecular weight is 374 g/mol. The zero-order valence-electron chi connectivity index (χ0n) is 17.0. The van der Waals surface area contributed by atoms with Crippen LogP contribution in [0.4, 0.5) is 5.95 Å². The van der Waals surface area contributed by atoms with Gasteiger partial charge in [-0.1, -0.05) is 6.92 Å². The molecule has 2 aliphatic heterocycles. The maximum atomic E-state index is 4.89. The molecule has 3 heterocycles. The van der Waals surface area contributed by atoms with Gasteiger partial charge in [0.1, 0.15) is 0 Å². The summed E-state index contributed by atoms with van der Waals surface area (Å²) in [6.45, 7) is 13.8. The van der Waals surface area contributed by atoms with E-state index in [4.69, 9.17) is 4.99 Å². The van der Waals surface area contributed by atoms with E-state index in [1.807, 2.05) is 18.5 Å². The minimum absolute atomic E-state index is 0.829. The van der Waals surface area contributed by atoms with E-state index < -0.39 is 0 Å². The molecule has 1 N–H and O–H groups in total. The van der Waals surface area contributed by atoms with Gasteiger partial charge in [0.15, 0.2) is 5.96 Å². The number of aromatic nitrogens is 2. The standard InChI is InChI=1S/C20H35N7/c1-3-21-19(24-10-6-12-25-11-4-7-18(2)17-25)26-13-15-27(16-14-26)20-22-8-5-9-23-20/h5,8-9,18H,3-4,6-7,10-17H2,1-2H3,(H,21,24). The molecule has 150 valence electrons. The largest absolute Gasteiger partial charge is 0.357 e. The fraction of sp³-hybridized carbons (Fsp3) is 0.750. The molecule has 7 heteroatoms. The summed E-state index contributed by atoms with van der Waals surface area (Å²) in [5.41, 5.74) is 0. The average Bonchev–Trinajstić information content (AvgIpc) is 2.71. The summed E-state index contributed by atoms with van der Waals surface area (Å²) in [5.74, 6) is 2.73. The van der Waals surface area contributed by atoms with Crippen LogP contribution in [0.2, 0.25) is 0 Å². The van der Waals surface area contributed by atoms with Crippen LogP contribution in [-0.4, -0.2) is 84.6 Å². The Morgan fingerprint density at radius 3 is 2.67 bits per heavy atom. The first-order valence-corrected chi connectivity index (χ1v) is 10.5. The van der Waals surface area contributed by atoms with Gasteiger partial charge in [-0.15, -0.1) is 0 Å². The zero-order valence-corrected chi connectivity index (χ0v) is 17.0. The van der Waals surface area contributed by atoms with Crippen molar-refractivity contribution in [3.8, 4) is 0 Å². The normalized spacial score (nSPS) is 22.1. The van der Waals surface area contributed by atoms with Gasteiger partial charge in [-0.3, -0.25) is 4.99 Å². The van der Waals surface area contributed by atoms with Crippen molar-refractivity contribution in [1.29, 1.82) is 0 Å². The Labute approximate surface area is 163 Å². The molecule has 2 aliphatic rings. The molecule has 1 unspecified atom stereocenters. The van der Waals surface area contributed by atoms with Crippen LogP contribution >= 0.6 is 0 Å². The lowest BCUT2D eigenvalue weighted by Gasteiger charge is -2.36. The van der Waals surface area contributed by atoms with E-state index in [1.54, 1.807) is 0 Å². The van der Waals surface area contributed by atoms with Crippen molar-refractivity contribution in [3.63, 3.8) is 0 Å². The summed E-state index contributed by atoms with van der Waals surface area (Å²) in [6.07, 6.45) is 7.49. The van der Waals surface area contributed by atoms with Gasteiger partial charge in [0.25, 0.3) is 0 Å². The number of hydrogen-bond donors (Lipinski definition) is 1. The van der Waals surface area contributed by atoms with Crippen molar-refractivity contribution >= 4 is 11.9 Å². The van der Waals surface area contributed by atoms with Gasteiger partial charge in [-0.05, 0) is 51.3 Å². The highest BCUT2D eigenvalue weighted by atomic mass is 15.4. The van der Waals surface area contributed by atoms with Gasteiger partial charge < -0.3 is 20.0 Å². The molecule has 3 rings (SSSR count). The summed E-state index contributed by atoms with van der Waals surface area (Å²) >= 11 is 0. The van der Waals surface area contributed by atoms with Gasteiger partial charge >= 0.3 is 0 Å². The third-order valence-corrected chi connectivity index (χ3v) is 5.38. The number of nitrogens with one attached hydrogen (secondary N) is 1. The minimum atomic E-state index is 0.829. The number of guanidine groups is 1. The van der Waals surface area contributed by atoms with Crippen molar-refractivity contribution in [2.45, 2.75) is 33.1 Å². The maximum Gasteiger partial charge on any atom is 0.225 e. The van der Waals surface area contributed by atoms with Crippen molar-refractivity contribution in [2.24, 2.45) is 10.9 Å². The molecule has 27 heavy (non-hydrogen) atoms. The van der Waals surface area contributed by atoms with Crippen LogP contribution in [-0.2, 0) is 0 Å². The Balaban J connectivity index is 1.45. The molecule has 0 amide bonds. The molecular weight excluding hydrogens is 338 g/mol. The molecule has 1 atom stereocenters. The number of aliphatic imine (C=N–C) groups is 1. The molecule has 2 fully saturated rings. The number of hydrogen-bond acceptors (Lipinski definition) is 5. The first kappa shape index (κ1) is 19.9. The molecule has 0 aromatic carbocycles. The fourth-order valence-corrected chi connectivity index (χ4v) is 3.97. The summed E-state index contributed by atoms with van der Waals surface area (Å²) < 4.78 is 0. The van der Waals surface area contributed by atoms with Crippen molar-refractivity contribution in [2.75, 3.05) is 63.8 Å². The number of rotatable bonds is 6. The molecule has 2 saturated heterocycles. The highest BCUT2D eigenvalue weighted by Gasteiger charge is 2.21. The molecule has 0 bridgehead atoms. The van der Waals surface area contributed by atoms with E-state index in [0.29, 0.717) is 0 Å². The molecule has 1 aromatic rings. The first-order valence-electron chi connectivity index (χ1n) is 10.5. The number of nitrogens with zero attached hydrogens (tertiary/aromatic N) is 6. The Morgan fingerprint density at radius 1 is 1.19 bits per heavy atom. The number of likely N-dealkylation sites (tertiary alicyclic amines) is 1. The van der Waals surface area contributed by atoms with Gasteiger partial charge in [0, 0.05) is 58.2 Å². The molecule has 0 radical (unpaired) electrons. The van der Waals surface area contributed by atoms with E-state index in [-0.39, 0.29) is 0 Å². The first-order chi connectivity index (χ1) is 13.3. The maximum absolute atomic E-state index is 4.89. The van der Waals surface area contributed by atoms with Gasteiger partial charge in [0.05, 0.1) is 0 Å². The van der Waals surface area contributed by atoms with E-state index in [1.165, 1.54) is 32.5 Å². The van der Waals surface area contributed by atoms with Crippen LogP contribution in [0, 0.1) is 5.92 Å². The third-order valence-electron chi connectivity index (χ3n) is 5.38. The molecule has 0 spiro atoms. The number of piperazine rings is 1.